The minimum absolute atomic E-state index is 0.0736. The fourth-order valence-electron chi connectivity index (χ4n) is 2.80. The van der Waals surface area contributed by atoms with Crippen LogP contribution in [0.3, 0.4) is 0 Å². The van der Waals surface area contributed by atoms with E-state index in [4.69, 9.17) is 4.42 Å². The van der Waals surface area contributed by atoms with Crippen LogP contribution in [-0.2, 0) is 29.5 Å². The molecule has 0 aromatic carbocycles. The Balaban J connectivity index is 2.05. The number of fused-ring (bicyclic) bond motifs is 1. The molecule has 8 nitrogen and oxygen atoms in total. The summed E-state index contributed by atoms with van der Waals surface area (Å²) in [4.78, 5) is 12.5. The SMILES string of the molecule is O=C(O)c1c(S(=O)(=O)N(CCO)Cc2ccco2)sc2c1CCNC2. The molecule has 1 aliphatic rings. The van der Waals surface area contributed by atoms with E-state index in [1.807, 2.05) is 0 Å². The largest absolute Gasteiger partial charge is 0.478 e. The first-order valence-corrected chi connectivity index (χ1v) is 9.92. The van der Waals surface area contributed by atoms with E-state index in [-0.39, 0.29) is 29.5 Å². The van der Waals surface area contributed by atoms with Crippen LogP contribution in [0.5, 0.6) is 0 Å². The second-order valence-electron chi connectivity index (χ2n) is 5.54. The number of carboxylic acids is 1. The molecule has 0 amide bonds. The average Bonchev–Trinajstić information content (AvgIpc) is 3.21. The molecule has 0 saturated heterocycles. The van der Waals surface area contributed by atoms with Crippen molar-refractivity contribution in [2.75, 3.05) is 19.7 Å². The number of thiophene rings is 1. The van der Waals surface area contributed by atoms with Crippen molar-refractivity contribution < 1.29 is 27.8 Å². The molecule has 2 aromatic rings. The van der Waals surface area contributed by atoms with E-state index in [2.05, 4.69) is 5.32 Å². The first-order valence-electron chi connectivity index (χ1n) is 7.67. The Bertz CT molecular complexity index is 857. The van der Waals surface area contributed by atoms with E-state index in [1.165, 1.54) is 6.26 Å². The van der Waals surface area contributed by atoms with Gasteiger partial charge < -0.3 is 19.9 Å². The maximum atomic E-state index is 13.1. The van der Waals surface area contributed by atoms with Gasteiger partial charge in [0.15, 0.2) is 0 Å². The highest BCUT2D eigenvalue weighted by Crippen LogP contribution is 2.36. The summed E-state index contributed by atoms with van der Waals surface area (Å²) in [5, 5.41) is 22.0. The van der Waals surface area contributed by atoms with Gasteiger partial charge in [-0.25, -0.2) is 13.2 Å². The Morgan fingerprint density at radius 2 is 2.24 bits per heavy atom. The third-order valence-corrected chi connectivity index (χ3v) is 7.52. The number of aliphatic hydroxyl groups excluding tert-OH is 1. The topological polar surface area (TPSA) is 120 Å². The molecule has 3 heterocycles. The van der Waals surface area contributed by atoms with E-state index in [1.54, 1.807) is 12.1 Å². The van der Waals surface area contributed by atoms with Gasteiger partial charge in [0, 0.05) is 18.0 Å². The third kappa shape index (κ3) is 3.48. The molecule has 0 bridgehead atoms. The van der Waals surface area contributed by atoms with Crippen LogP contribution in [0.2, 0.25) is 0 Å². The number of sulfonamides is 1. The van der Waals surface area contributed by atoms with Crippen LogP contribution < -0.4 is 5.32 Å². The number of furan rings is 1. The predicted octanol–water partition coefficient (Wildman–Crippen LogP) is 0.868. The molecule has 0 atom stereocenters. The Kier molecular flexibility index (Phi) is 5.25. The van der Waals surface area contributed by atoms with Gasteiger partial charge in [-0.3, -0.25) is 0 Å². The molecular weight excluding hydrogens is 368 g/mol. The number of hydrogen-bond acceptors (Lipinski definition) is 7. The number of aliphatic hydroxyl groups is 1. The van der Waals surface area contributed by atoms with Crippen molar-refractivity contribution in [1.29, 1.82) is 0 Å². The number of hydrogen-bond donors (Lipinski definition) is 3. The first kappa shape index (κ1) is 18.1. The van der Waals surface area contributed by atoms with Crippen LogP contribution in [-0.4, -0.2) is 48.6 Å². The van der Waals surface area contributed by atoms with Crippen molar-refractivity contribution in [3.05, 3.63) is 40.2 Å². The van der Waals surface area contributed by atoms with Gasteiger partial charge in [0.2, 0.25) is 0 Å². The lowest BCUT2D eigenvalue weighted by Crippen LogP contribution is -2.33. The van der Waals surface area contributed by atoms with E-state index in [0.717, 1.165) is 20.5 Å². The van der Waals surface area contributed by atoms with E-state index in [9.17, 15) is 23.4 Å². The van der Waals surface area contributed by atoms with E-state index >= 15 is 0 Å². The van der Waals surface area contributed by atoms with Crippen LogP contribution >= 0.6 is 11.3 Å². The average molecular weight is 386 g/mol. The molecule has 136 valence electrons. The first-order chi connectivity index (χ1) is 11.9. The highest BCUT2D eigenvalue weighted by molar-refractivity contribution is 7.91. The molecule has 0 fully saturated rings. The normalized spacial score (nSPS) is 14.6. The highest BCUT2D eigenvalue weighted by atomic mass is 32.2. The quantitative estimate of drug-likeness (QED) is 0.646. The molecule has 1 aliphatic heterocycles. The molecule has 25 heavy (non-hydrogen) atoms. The van der Waals surface area contributed by atoms with E-state index < -0.39 is 16.0 Å². The van der Waals surface area contributed by atoms with Crippen LogP contribution in [0.25, 0.3) is 0 Å². The smallest absolute Gasteiger partial charge is 0.338 e. The molecule has 2 aromatic heterocycles. The summed E-state index contributed by atoms with van der Waals surface area (Å²) in [7, 11) is -4.09. The fraction of sp³-hybridized carbons (Fsp3) is 0.400. The minimum atomic E-state index is -4.09. The van der Waals surface area contributed by atoms with Gasteiger partial charge in [0.25, 0.3) is 10.0 Å². The molecule has 10 heteroatoms. The minimum Gasteiger partial charge on any atom is -0.478 e. The lowest BCUT2D eigenvalue weighted by molar-refractivity contribution is 0.0692. The molecule has 0 aliphatic carbocycles. The van der Waals surface area contributed by atoms with Crippen LogP contribution in [0.1, 0.15) is 26.6 Å². The Morgan fingerprint density at radius 3 is 2.88 bits per heavy atom. The molecular formula is C15H18N2O6S2. The number of nitrogens with one attached hydrogen (secondary N) is 1. The van der Waals surface area contributed by atoms with Crippen molar-refractivity contribution in [3.8, 4) is 0 Å². The lowest BCUT2D eigenvalue weighted by Gasteiger charge is -2.19. The molecule has 0 unspecified atom stereocenters. The number of carboxylic acid groups (broad SMARTS) is 1. The number of nitrogens with zero attached hydrogens (tertiary/aromatic N) is 1. The summed E-state index contributed by atoms with van der Waals surface area (Å²) in [6.07, 6.45) is 1.90. The zero-order valence-electron chi connectivity index (χ0n) is 13.3. The highest BCUT2D eigenvalue weighted by Gasteiger charge is 2.35. The second-order valence-corrected chi connectivity index (χ2v) is 8.78. The van der Waals surface area contributed by atoms with Crippen molar-refractivity contribution in [2.45, 2.75) is 23.7 Å². The van der Waals surface area contributed by atoms with Gasteiger partial charge >= 0.3 is 5.97 Å². The Labute approximate surface area is 148 Å². The number of carbonyl (C=O) groups is 1. The van der Waals surface area contributed by atoms with Crippen LogP contribution in [0.4, 0.5) is 0 Å². The number of rotatable bonds is 7. The van der Waals surface area contributed by atoms with Gasteiger partial charge in [-0.05, 0) is 30.7 Å². The maximum absolute atomic E-state index is 13.1. The zero-order valence-corrected chi connectivity index (χ0v) is 14.9. The maximum Gasteiger partial charge on any atom is 0.338 e. The van der Waals surface area contributed by atoms with Crippen LogP contribution in [0.15, 0.2) is 27.0 Å². The molecule has 3 N–H and O–H groups in total. The summed E-state index contributed by atoms with van der Waals surface area (Å²) in [5.74, 6) is -0.836. The summed E-state index contributed by atoms with van der Waals surface area (Å²) >= 11 is 0.979. The Hall–Kier alpha value is -1.72. The fourth-order valence-corrected chi connectivity index (χ4v) is 6.20. The Morgan fingerprint density at radius 1 is 1.44 bits per heavy atom. The summed E-state index contributed by atoms with van der Waals surface area (Å²) in [5.41, 5.74) is 0.431. The third-order valence-electron chi connectivity index (χ3n) is 3.95. The van der Waals surface area contributed by atoms with Gasteiger partial charge in [-0.2, -0.15) is 4.31 Å². The van der Waals surface area contributed by atoms with Gasteiger partial charge in [0.1, 0.15) is 9.97 Å². The lowest BCUT2D eigenvalue weighted by atomic mass is 10.1. The van der Waals surface area contributed by atoms with Crippen molar-refractivity contribution in [2.24, 2.45) is 0 Å². The zero-order chi connectivity index (χ0) is 18.0. The van der Waals surface area contributed by atoms with Crippen molar-refractivity contribution in [1.82, 2.24) is 9.62 Å². The number of aromatic carboxylic acids is 1. The summed E-state index contributed by atoms with van der Waals surface area (Å²) in [6.45, 7) is 0.456. The predicted molar refractivity (Wildman–Crippen MR) is 90.1 cm³/mol. The van der Waals surface area contributed by atoms with Crippen LogP contribution in [0, 0.1) is 0 Å². The van der Waals surface area contributed by atoms with Gasteiger partial charge in [-0.15, -0.1) is 11.3 Å². The standard InChI is InChI=1S/C15H18N2O6S2/c18-6-5-17(9-10-2-1-7-23-10)25(21,22)15-13(14(19)20)11-3-4-16-8-12(11)24-15/h1-2,7,16,18H,3-6,8-9H2,(H,19,20). The molecule has 3 rings (SSSR count). The molecule has 0 spiro atoms. The monoisotopic (exact) mass is 386 g/mol. The molecule has 0 radical (unpaired) electrons. The van der Waals surface area contributed by atoms with Gasteiger partial charge in [-0.1, -0.05) is 0 Å². The van der Waals surface area contributed by atoms with Crippen molar-refractivity contribution in [3.63, 3.8) is 0 Å². The summed E-state index contributed by atoms with van der Waals surface area (Å²) < 4.78 is 32.2. The second kappa shape index (κ2) is 7.26. The summed E-state index contributed by atoms with van der Waals surface area (Å²) in [6, 6.07) is 3.26. The van der Waals surface area contributed by atoms with Gasteiger partial charge in [0.05, 0.1) is 25.0 Å². The van der Waals surface area contributed by atoms with E-state index in [0.29, 0.717) is 30.8 Å². The molecule has 0 saturated carbocycles. The van der Waals surface area contributed by atoms with Crippen molar-refractivity contribution >= 4 is 27.3 Å².